The van der Waals surface area contributed by atoms with Crippen LogP contribution in [0.15, 0.2) is 41.4 Å². The second-order valence-electron chi connectivity index (χ2n) is 8.07. The summed E-state index contributed by atoms with van der Waals surface area (Å²) >= 11 is 6.01. The molecule has 0 saturated heterocycles. The SMILES string of the molecule is CNCC(C(=O)NC(=NC(N)CC(N)c1ccc(O)c(F)c1)Nc1ccc(F)cc1Cl)C(N)C(F)(F)F. The van der Waals surface area contributed by atoms with E-state index in [1.54, 1.807) is 0 Å². The van der Waals surface area contributed by atoms with E-state index in [1.807, 2.05) is 0 Å². The lowest BCUT2D eigenvalue weighted by molar-refractivity contribution is -0.164. The maximum Gasteiger partial charge on any atom is 0.404 e. The lowest BCUT2D eigenvalue weighted by Crippen LogP contribution is -2.54. The maximum absolute atomic E-state index is 13.7. The predicted octanol–water partition coefficient (Wildman–Crippen LogP) is 2.31. The molecule has 0 saturated carbocycles. The summed E-state index contributed by atoms with van der Waals surface area (Å²) in [4.78, 5) is 16.9. The van der Waals surface area contributed by atoms with Crippen molar-refractivity contribution < 1.29 is 31.9 Å². The molecule has 0 spiro atoms. The Hall–Kier alpha value is -3.04. The van der Waals surface area contributed by atoms with Crippen LogP contribution in [0.1, 0.15) is 18.0 Å². The Bertz CT molecular complexity index is 1120. The van der Waals surface area contributed by atoms with E-state index in [4.69, 9.17) is 28.8 Å². The third kappa shape index (κ3) is 8.79. The van der Waals surface area contributed by atoms with Crippen molar-refractivity contribution in [3.8, 4) is 5.75 Å². The van der Waals surface area contributed by atoms with Gasteiger partial charge in [-0.05, 0) is 42.9 Å². The minimum Gasteiger partial charge on any atom is -0.505 e. The van der Waals surface area contributed by atoms with Crippen LogP contribution in [-0.2, 0) is 4.79 Å². The van der Waals surface area contributed by atoms with E-state index in [0.29, 0.717) is 0 Å². The number of nitrogens with zero attached hydrogens (tertiary/aromatic N) is 1. The molecule has 204 valence electrons. The van der Waals surface area contributed by atoms with Crippen LogP contribution < -0.4 is 33.2 Å². The zero-order chi connectivity index (χ0) is 27.9. The average molecular weight is 552 g/mol. The van der Waals surface area contributed by atoms with Gasteiger partial charge < -0.3 is 32.9 Å². The van der Waals surface area contributed by atoms with Gasteiger partial charge in [0.25, 0.3) is 0 Å². The monoisotopic (exact) mass is 551 g/mol. The Kier molecular flexibility index (Phi) is 10.6. The summed E-state index contributed by atoms with van der Waals surface area (Å²) in [5.74, 6) is -5.43. The van der Waals surface area contributed by atoms with E-state index in [2.05, 4.69) is 20.9 Å². The number of alkyl halides is 3. The fourth-order valence-corrected chi connectivity index (χ4v) is 3.44. The van der Waals surface area contributed by atoms with Crippen LogP contribution in [0.2, 0.25) is 5.02 Å². The van der Waals surface area contributed by atoms with Crippen molar-refractivity contribution in [3.63, 3.8) is 0 Å². The number of aliphatic imine (C=N–C) groups is 1. The number of nitrogens with one attached hydrogen (secondary N) is 3. The molecule has 0 bridgehead atoms. The number of nitrogens with two attached hydrogens (primary N) is 3. The number of guanidine groups is 1. The molecule has 0 radical (unpaired) electrons. The number of hydrogen-bond acceptors (Lipinski definition) is 7. The number of benzene rings is 2. The van der Waals surface area contributed by atoms with Gasteiger partial charge in [0.1, 0.15) is 18.0 Å². The minimum absolute atomic E-state index is 0.0597. The van der Waals surface area contributed by atoms with Crippen LogP contribution in [0.4, 0.5) is 27.6 Å². The molecule has 0 aliphatic carbocycles. The van der Waals surface area contributed by atoms with E-state index in [0.717, 1.165) is 24.3 Å². The topological polar surface area (TPSA) is 164 Å². The van der Waals surface area contributed by atoms with Gasteiger partial charge in [-0.3, -0.25) is 10.1 Å². The number of halogens is 6. The molecule has 0 aliphatic rings. The van der Waals surface area contributed by atoms with Gasteiger partial charge in [0.15, 0.2) is 11.6 Å². The Balaban J connectivity index is 2.32. The molecule has 4 atom stereocenters. The van der Waals surface area contributed by atoms with Gasteiger partial charge in [0.2, 0.25) is 11.9 Å². The smallest absolute Gasteiger partial charge is 0.404 e. The molecule has 37 heavy (non-hydrogen) atoms. The molecule has 10 N–H and O–H groups in total. The Morgan fingerprint density at radius 3 is 2.38 bits per heavy atom. The van der Waals surface area contributed by atoms with Crippen molar-refractivity contribution in [2.24, 2.45) is 28.1 Å². The fourth-order valence-electron chi connectivity index (χ4n) is 3.22. The maximum atomic E-state index is 13.7. The van der Waals surface area contributed by atoms with Crippen LogP contribution in [-0.4, -0.2) is 48.9 Å². The quantitative estimate of drug-likeness (QED) is 0.143. The molecule has 0 aromatic heterocycles. The van der Waals surface area contributed by atoms with Gasteiger partial charge in [-0.1, -0.05) is 17.7 Å². The average Bonchev–Trinajstić information content (AvgIpc) is 2.79. The predicted molar refractivity (Wildman–Crippen MR) is 130 cm³/mol. The van der Waals surface area contributed by atoms with E-state index in [-0.39, 0.29) is 22.7 Å². The van der Waals surface area contributed by atoms with Gasteiger partial charge in [-0.15, -0.1) is 0 Å². The minimum atomic E-state index is -4.87. The first-order valence-corrected chi connectivity index (χ1v) is 11.2. The first-order chi connectivity index (χ1) is 17.2. The summed E-state index contributed by atoms with van der Waals surface area (Å²) in [6, 6.07) is 3.35. The number of rotatable bonds is 9. The van der Waals surface area contributed by atoms with Crippen LogP contribution in [0.25, 0.3) is 0 Å². The highest BCUT2D eigenvalue weighted by atomic mass is 35.5. The number of phenolic OH excluding ortho intramolecular Hbond substituents is 1. The zero-order valence-corrected chi connectivity index (χ0v) is 20.2. The largest absolute Gasteiger partial charge is 0.505 e. The lowest BCUT2D eigenvalue weighted by Gasteiger charge is -2.25. The van der Waals surface area contributed by atoms with Gasteiger partial charge in [-0.25, -0.2) is 13.8 Å². The third-order valence-electron chi connectivity index (χ3n) is 5.19. The van der Waals surface area contributed by atoms with E-state index in [1.165, 1.54) is 19.2 Å². The molecule has 9 nitrogen and oxygen atoms in total. The van der Waals surface area contributed by atoms with Crippen molar-refractivity contribution in [1.82, 2.24) is 10.6 Å². The van der Waals surface area contributed by atoms with E-state index >= 15 is 0 Å². The fraction of sp³-hybridized carbons (Fsp3) is 0.364. The molecule has 15 heteroatoms. The summed E-state index contributed by atoms with van der Waals surface area (Å²) in [7, 11) is 1.35. The Labute approximate surface area is 214 Å². The molecular formula is C22H27ClF5N7O2. The second-order valence-corrected chi connectivity index (χ2v) is 8.48. The number of phenols is 1. The van der Waals surface area contributed by atoms with E-state index < -0.39 is 66.1 Å². The molecule has 1 amide bonds. The van der Waals surface area contributed by atoms with E-state index in [9.17, 15) is 31.9 Å². The molecule has 2 rings (SSSR count). The van der Waals surface area contributed by atoms with Gasteiger partial charge in [-0.2, -0.15) is 13.2 Å². The zero-order valence-electron chi connectivity index (χ0n) is 19.5. The molecule has 4 unspecified atom stereocenters. The molecule has 2 aromatic carbocycles. The first kappa shape index (κ1) is 30.2. The van der Waals surface area contributed by atoms with Crippen molar-refractivity contribution >= 4 is 29.2 Å². The number of aromatic hydroxyl groups is 1. The number of hydrogen-bond donors (Lipinski definition) is 7. The summed E-state index contributed by atoms with van der Waals surface area (Å²) < 4.78 is 66.8. The van der Waals surface area contributed by atoms with Crippen LogP contribution in [0, 0.1) is 17.6 Å². The lowest BCUT2D eigenvalue weighted by atomic mass is 9.99. The second kappa shape index (κ2) is 13.0. The molecule has 0 fully saturated rings. The standard InChI is InChI=1S/C22H27ClF5N7O2/c1-32-9-12(19(31)22(26,27)28)20(37)35-21(33-16-4-3-11(24)7-13(16)23)34-18(30)8-15(29)10-2-5-17(36)14(25)6-10/h2-7,12,15,18-19,32,36H,8-9,29-31H2,1H3,(H2,33,34,35,37). The normalized spacial score (nSPS) is 15.6. The first-order valence-electron chi connectivity index (χ1n) is 10.8. The Morgan fingerprint density at radius 2 is 1.81 bits per heavy atom. The number of carbonyl (C=O) groups is 1. The van der Waals surface area contributed by atoms with Crippen LogP contribution in [0.3, 0.4) is 0 Å². The number of carbonyl (C=O) groups excluding carboxylic acids is 1. The highest BCUT2D eigenvalue weighted by Crippen LogP contribution is 2.26. The van der Waals surface area contributed by atoms with Crippen molar-refractivity contribution in [2.75, 3.05) is 18.9 Å². The molecule has 0 heterocycles. The molecular weight excluding hydrogens is 525 g/mol. The summed E-state index contributed by atoms with van der Waals surface area (Å²) in [6.45, 7) is -0.416. The summed E-state index contributed by atoms with van der Waals surface area (Å²) in [5, 5.41) is 16.5. The van der Waals surface area contributed by atoms with Gasteiger partial charge in [0.05, 0.1) is 16.6 Å². The van der Waals surface area contributed by atoms with Gasteiger partial charge in [0, 0.05) is 19.0 Å². The molecule has 0 aliphatic heterocycles. The van der Waals surface area contributed by atoms with Gasteiger partial charge >= 0.3 is 6.18 Å². The Morgan fingerprint density at radius 1 is 1.14 bits per heavy atom. The van der Waals surface area contributed by atoms with Crippen LogP contribution in [0.5, 0.6) is 5.75 Å². The van der Waals surface area contributed by atoms with Crippen molar-refractivity contribution in [1.29, 1.82) is 0 Å². The van der Waals surface area contributed by atoms with Crippen molar-refractivity contribution in [2.45, 2.75) is 30.8 Å². The number of amides is 1. The third-order valence-corrected chi connectivity index (χ3v) is 5.50. The highest BCUT2D eigenvalue weighted by molar-refractivity contribution is 6.33. The number of anilines is 1. The van der Waals surface area contributed by atoms with Crippen LogP contribution >= 0.6 is 11.6 Å². The summed E-state index contributed by atoms with van der Waals surface area (Å²) in [6.07, 6.45) is -6.13. The molecule has 2 aromatic rings. The summed E-state index contributed by atoms with van der Waals surface area (Å²) in [5.41, 5.74) is 17.7. The van der Waals surface area contributed by atoms with Crippen molar-refractivity contribution in [3.05, 3.63) is 58.6 Å². The highest BCUT2D eigenvalue weighted by Gasteiger charge is 2.44.